The molecule has 0 heterocycles. The van der Waals surface area contributed by atoms with Gasteiger partial charge in [-0.15, -0.1) is 0 Å². The Morgan fingerprint density at radius 3 is 2.41 bits per heavy atom. The van der Waals surface area contributed by atoms with Crippen LogP contribution >= 0.6 is 11.6 Å². The highest BCUT2D eigenvalue weighted by molar-refractivity contribution is 6.30. The first kappa shape index (κ1) is 14.5. The van der Waals surface area contributed by atoms with Gasteiger partial charge in [-0.3, -0.25) is 0 Å². The van der Waals surface area contributed by atoms with Crippen molar-refractivity contribution in [3.05, 3.63) is 34.9 Å². The van der Waals surface area contributed by atoms with Crippen molar-refractivity contribution >= 4 is 11.6 Å². The Morgan fingerprint density at radius 2 is 1.82 bits per heavy atom. The van der Waals surface area contributed by atoms with Crippen LogP contribution in [-0.2, 0) is 6.54 Å². The molecule has 0 saturated heterocycles. The van der Waals surface area contributed by atoms with Crippen molar-refractivity contribution in [2.45, 2.75) is 20.4 Å². The van der Waals surface area contributed by atoms with E-state index in [9.17, 15) is 0 Å². The predicted octanol–water partition coefficient (Wildman–Crippen LogP) is 3.11. The zero-order chi connectivity index (χ0) is 12.7. The Balaban J connectivity index is 2.36. The van der Waals surface area contributed by atoms with Gasteiger partial charge in [0.15, 0.2) is 0 Å². The Morgan fingerprint density at radius 1 is 1.12 bits per heavy atom. The third-order valence-corrected chi connectivity index (χ3v) is 3.27. The van der Waals surface area contributed by atoms with Gasteiger partial charge in [-0.05, 0) is 37.8 Å². The van der Waals surface area contributed by atoms with Crippen LogP contribution in [0.15, 0.2) is 24.3 Å². The third-order valence-electron chi connectivity index (χ3n) is 3.03. The number of nitrogens with zero attached hydrogens (tertiary/aromatic N) is 2. The van der Waals surface area contributed by atoms with Crippen molar-refractivity contribution in [2.24, 2.45) is 0 Å². The first-order chi connectivity index (χ1) is 8.15. The molecule has 1 aromatic rings. The van der Waals surface area contributed by atoms with Gasteiger partial charge in [0, 0.05) is 24.7 Å². The largest absolute Gasteiger partial charge is 0.303 e. The lowest BCUT2D eigenvalue weighted by molar-refractivity contribution is 0.236. The van der Waals surface area contributed by atoms with Crippen LogP contribution in [0.1, 0.15) is 19.4 Å². The Hall–Kier alpha value is -0.570. The second kappa shape index (κ2) is 7.70. The molecule has 0 radical (unpaired) electrons. The minimum atomic E-state index is 0.819. The minimum Gasteiger partial charge on any atom is -0.303 e. The topological polar surface area (TPSA) is 6.48 Å². The first-order valence-electron chi connectivity index (χ1n) is 6.31. The van der Waals surface area contributed by atoms with Crippen LogP contribution in [0.2, 0.25) is 5.02 Å². The van der Waals surface area contributed by atoms with Gasteiger partial charge < -0.3 is 9.80 Å². The fraction of sp³-hybridized carbons (Fsp3) is 0.571. The summed E-state index contributed by atoms with van der Waals surface area (Å²) in [6.45, 7) is 9.85. The van der Waals surface area contributed by atoms with E-state index in [2.05, 4.69) is 36.8 Å². The zero-order valence-corrected chi connectivity index (χ0v) is 11.9. The van der Waals surface area contributed by atoms with Crippen molar-refractivity contribution in [1.29, 1.82) is 0 Å². The van der Waals surface area contributed by atoms with E-state index >= 15 is 0 Å². The molecule has 17 heavy (non-hydrogen) atoms. The highest BCUT2D eigenvalue weighted by Crippen LogP contribution is 2.11. The SMILES string of the molecule is CCN(CC)CCN(C)Cc1cccc(Cl)c1. The zero-order valence-electron chi connectivity index (χ0n) is 11.1. The number of rotatable bonds is 7. The van der Waals surface area contributed by atoms with Crippen LogP contribution in [0.25, 0.3) is 0 Å². The van der Waals surface area contributed by atoms with Gasteiger partial charge in [-0.1, -0.05) is 37.6 Å². The molecule has 0 spiro atoms. The molecule has 0 unspecified atom stereocenters. The van der Waals surface area contributed by atoms with Gasteiger partial charge in [0.25, 0.3) is 0 Å². The monoisotopic (exact) mass is 254 g/mol. The molecule has 0 saturated carbocycles. The summed E-state index contributed by atoms with van der Waals surface area (Å²) in [5.74, 6) is 0. The maximum Gasteiger partial charge on any atom is 0.0409 e. The third kappa shape index (κ3) is 5.53. The molecular weight excluding hydrogens is 232 g/mol. The van der Waals surface area contributed by atoms with Crippen LogP contribution in [0.4, 0.5) is 0 Å². The highest BCUT2D eigenvalue weighted by atomic mass is 35.5. The molecule has 1 rings (SSSR count). The summed E-state index contributed by atoms with van der Waals surface area (Å²) < 4.78 is 0. The normalized spacial score (nSPS) is 11.4. The minimum absolute atomic E-state index is 0.819. The Bertz CT molecular complexity index is 324. The summed E-state index contributed by atoms with van der Waals surface area (Å²) in [6, 6.07) is 8.09. The molecule has 0 bridgehead atoms. The summed E-state index contributed by atoms with van der Waals surface area (Å²) >= 11 is 5.97. The van der Waals surface area contributed by atoms with E-state index in [1.807, 2.05) is 18.2 Å². The van der Waals surface area contributed by atoms with Crippen LogP contribution in [0, 0.1) is 0 Å². The van der Waals surface area contributed by atoms with Gasteiger partial charge in [0.2, 0.25) is 0 Å². The quantitative estimate of drug-likeness (QED) is 0.738. The molecule has 0 fully saturated rings. The Labute approximate surface area is 110 Å². The molecule has 0 aromatic heterocycles. The maximum absolute atomic E-state index is 5.97. The lowest BCUT2D eigenvalue weighted by Crippen LogP contribution is -2.32. The fourth-order valence-electron chi connectivity index (χ4n) is 1.88. The molecule has 96 valence electrons. The highest BCUT2D eigenvalue weighted by Gasteiger charge is 2.03. The standard InChI is InChI=1S/C14H23ClN2/c1-4-17(5-2)10-9-16(3)12-13-7-6-8-14(15)11-13/h6-8,11H,4-5,9-10,12H2,1-3H3. The van der Waals surface area contributed by atoms with E-state index in [0.717, 1.165) is 37.7 Å². The second-order valence-electron chi connectivity index (χ2n) is 4.39. The number of hydrogen-bond acceptors (Lipinski definition) is 2. The summed E-state index contributed by atoms with van der Waals surface area (Å²) in [5, 5.41) is 0.819. The molecule has 0 N–H and O–H groups in total. The van der Waals surface area contributed by atoms with Gasteiger partial charge in [0.1, 0.15) is 0 Å². The van der Waals surface area contributed by atoms with E-state index in [-0.39, 0.29) is 0 Å². The second-order valence-corrected chi connectivity index (χ2v) is 4.83. The molecule has 0 aliphatic rings. The van der Waals surface area contributed by atoms with E-state index in [1.165, 1.54) is 5.56 Å². The summed E-state index contributed by atoms with van der Waals surface area (Å²) in [4.78, 5) is 4.78. The molecule has 2 nitrogen and oxygen atoms in total. The number of likely N-dealkylation sites (N-methyl/N-ethyl adjacent to an activating group) is 2. The lowest BCUT2D eigenvalue weighted by atomic mass is 10.2. The molecule has 3 heteroatoms. The van der Waals surface area contributed by atoms with Crippen LogP contribution in [0.5, 0.6) is 0 Å². The molecule has 0 atom stereocenters. The van der Waals surface area contributed by atoms with Crippen molar-refractivity contribution in [1.82, 2.24) is 9.80 Å². The van der Waals surface area contributed by atoms with Gasteiger partial charge in [-0.25, -0.2) is 0 Å². The molecule has 0 aliphatic heterocycles. The number of benzene rings is 1. The molecule has 1 aromatic carbocycles. The van der Waals surface area contributed by atoms with E-state index in [0.29, 0.717) is 0 Å². The average molecular weight is 255 g/mol. The van der Waals surface area contributed by atoms with E-state index in [1.54, 1.807) is 0 Å². The molecule has 0 amide bonds. The van der Waals surface area contributed by atoms with Crippen LogP contribution in [-0.4, -0.2) is 43.0 Å². The van der Waals surface area contributed by atoms with Crippen molar-refractivity contribution < 1.29 is 0 Å². The first-order valence-corrected chi connectivity index (χ1v) is 6.68. The smallest absolute Gasteiger partial charge is 0.0409 e. The van der Waals surface area contributed by atoms with Crippen molar-refractivity contribution in [2.75, 3.05) is 33.2 Å². The van der Waals surface area contributed by atoms with Crippen LogP contribution < -0.4 is 0 Å². The summed E-state index contributed by atoms with van der Waals surface area (Å²) in [6.07, 6.45) is 0. The maximum atomic E-state index is 5.97. The van der Waals surface area contributed by atoms with Gasteiger partial charge in [0.05, 0.1) is 0 Å². The Kier molecular flexibility index (Phi) is 6.56. The number of hydrogen-bond donors (Lipinski definition) is 0. The molecule has 0 aliphatic carbocycles. The van der Waals surface area contributed by atoms with E-state index < -0.39 is 0 Å². The lowest BCUT2D eigenvalue weighted by Gasteiger charge is -2.23. The number of halogens is 1. The fourth-order valence-corrected chi connectivity index (χ4v) is 2.09. The van der Waals surface area contributed by atoms with Gasteiger partial charge in [-0.2, -0.15) is 0 Å². The average Bonchev–Trinajstić information content (AvgIpc) is 2.30. The van der Waals surface area contributed by atoms with Crippen LogP contribution in [0.3, 0.4) is 0 Å². The summed E-state index contributed by atoms with van der Waals surface area (Å²) in [5.41, 5.74) is 1.28. The predicted molar refractivity (Wildman–Crippen MR) is 75.6 cm³/mol. The van der Waals surface area contributed by atoms with Gasteiger partial charge >= 0.3 is 0 Å². The summed E-state index contributed by atoms with van der Waals surface area (Å²) in [7, 11) is 2.16. The molecular formula is C14H23ClN2. The van der Waals surface area contributed by atoms with Crippen molar-refractivity contribution in [3.63, 3.8) is 0 Å². The van der Waals surface area contributed by atoms with E-state index in [4.69, 9.17) is 11.6 Å². The van der Waals surface area contributed by atoms with Crippen molar-refractivity contribution in [3.8, 4) is 0 Å².